The van der Waals surface area contributed by atoms with Crippen LogP contribution >= 0.6 is 0 Å². The molecule has 0 aromatic heterocycles. The molecule has 0 unspecified atom stereocenters. The van der Waals surface area contributed by atoms with Crippen molar-refractivity contribution in [2.75, 3.05) is 18.8 Å². The highest BCUT2D eigenvalue weighted by atomic mass is 32.3. The van der Waals surface area contributed by atoms with Gasteiger partial charge in [-0.3, -0.25) is 9.69 Å². The molecule has 14 heavy (non-hydrogen) atoms. The summed E-state index contributed by atoms with van der Waals surface area (Å²) in [6.45, 7) is 0.474. The summed E-state index contributed by atoms with van der Waals surface area (Å²) in [6, 6.07) is -0.656. The molecule has 7 heteroatoms. The zero-order chi connectivity index (χ0) is 10.8. The standard InChI is InChI=1S/C7H12FNO4S/c8-14(12,13)5-4-9-3-1-2-6(9)7(10)11/h6H,1-5H2,(H,10,11)/t6-/m0/s1. The van der Waals surface area contributed by atoms with Crippen molar-refractivity contribution in [3.05, 3.63) is 0 Å². The number of carbonyl (C=O) groups is 1. The first-order chi connectivity index (χ1) is 6.40. The lowest BCUT2D eigenvalue weighted by Crippen LogP contribution is -2.38. The summed E-state index contributed by atoms with van der Waals surface area (Å²) in [5, 5.41) is 8.73. The molecule has 0 radical (unpaired) electrons. The van der Waals surface area contributed by atoms with Gasteiger partial charge in [0.1, 0.15) is 6.04 Å². The Balaban J connectivity index is 2.48. The zero-order valence-corrected chi connectivity index (χ0v) is 8.33. The Morgan fingerprint density at radius 3 is 2.71 bits per heavy atom. The van der Waals surface area contributed by atoms with Crippen LogP contribution in [0, 0.1) is 0 Å². The van der Waals surface area contributed by atoms with Crippen molar-refractivity contribution < 1.29 is 22.2 Å². The van der Waals surface area contributed by atoms with E-state index in [2.05, 4.69) is 0 Å². The van der Waals surface area contributed by atoms with Crippen molar-refractivity contribution >= 4 is 16.2 Å². The molecule has 1 aliphatic rings. The van der Waals surface area contributed by atoms with Gasteiger partial charge < -0.3 is 5.11 Å². The Hall–Kier alpha value is -0.690. The SMILES string of the molecule is O=C(O)[C@@H]1CCCN1CCS(=O)(=O)F. The first-order valence-electron chi connectivity index (χ1n) is 4.29. The van der Waals surface area contributed by atoms with Gasteiger partial charge in [0.2, 0.25) is 0 Å². The van der Waals surface area contributed by atoms with E-state index >= 15 is 0 Å². The summed E-state index contributed by atoms with van der Waals surface area (Å²) in [4.78, 5) is 12.1. The Morgan fingerprint density at radius 2 is 2.21 bits per heavy atom. The molecule has 0 aliphatic carbocycles. The average molecular weight is 225 g/mol. The zero-order valence-electron chi connectivity index (χ0n) is 7.52. The number of rotatable bonds is 4. The van der Waals surface area contributed by atoms with Crippen LogP contribution in [-0.2, 0) is 15.0 Å². The van der Waals surface area contributed by atoms with Crippen molar-refractivity contribution in [1.29, 1.82) is 0 Å². The Bertz CT molecular complexity index is 316. The minimum absolute atomic E-state index is 0.0458. The average Bonchev–Trinajstić information content (AvgIpc) is 2.46. The Kier molecular flexibility index (Phi) is 3.43. The lowest BCUT2D eigenvalue weighted by molar-refractivity contribution is -0.142. The number of aliphatic carboxylic acids is 1. The summed E-state index contributed by atoms with van der Waals surface area (Å²) in [5.41, 5.74) is 0. The maximum absolute atomic E-state index is 12.2. The normalized spacial score (nSPS) is 23.9. The van der Waals surface area contributed by atoms with Gasteiger partial charge in [-0.15, -0.1) is 3.89 Å². The maximum atomic E-state index is 12.2. The molecule has 0 bridgehead atoms. The molecule has 82 valence electrons. The summed E-state index contributed by atoms with van der Waals surface area (Å²) >= 11 is 0. The third-order valence-electron chi connectivity index (χ3n) is 2.27. The van der Waals surface area contributed by atoms with Gasteiger partial charge >= 0.3 is 16.2 Å². The third-order valence-corrected chi connectivity index (χ3v) is 2.94. The number of carboxylic acids is 1. The molecule has 0 aromatic carbocycles. The van der Waals surface area contributed by atoms with Crippen LogP contribution in [0.2, 0.25) is 0 Å². The van der Waals surface area contributed by atoms with E-state index < -0.39 is 28.0 Å². The van der Waals surface area contributed by atoms with Crippen molar-refractivity contribution in [2.45, 2.75) is 18.9 Å². The first kappa shape index (κ1) is 11.4. The number of nitrogens with zero attached hydrogens (tertiary/aromatic N) is 1. The van der Waals surface area contributed by atoms with Crippen LogP contribution in [-0.4, -0.2) is 49.3 Å². The van der Waals surface area contributed by atoms with Crippen LogP contribution < -0.4 is 0 Å². The van der Waals surface area contributed by atoms with Crippen LogP contribution in [0.15, 0.2) is 0 Å². The van der Waals surface area contributed by atoms with Gasteiger partial charge in [0, 0.05) is 6.54 Å². The molecule has 0 spiro atoms. The van der Waals surface area contributed by atoms with E-state index in [1.807, 2.05) is 0 Å². The van der Waals surface area contributed by atoms with Crippen molar-refractivity contribution in [2.24, 2.45) is 0 Å². The predicted octanol–water partition coefficient (Wildman–Crippen LogP) is -0.165. The fraction of sp³-hybridized carbons (Fsp3) is 0.857. The Morgan fingerprint density at radius 1 is 1.57 bits per heavy atom. The van der Waals surface area contributed by atoms with E-state index in [0.29, 0.717) is 19.4 Å². The van der Waals surface area contributed by atoms with Crippen LogP contribution in [0.25, 0.3) is 0 Å². The fourth-order valence-corrected chi connectivity index (χ4v) is 2.05. The number of carboxylic acid groups (broad SMARTS) is 1. The Labute approximate surface area is 81.7 Å². The molecule has 1 rings (SSSR count). The highest BCUT2D eigenvalue weighted by Crippen LogP contribution is 2.17. The number of hydrogen-bond donors (Lipinski definition) is 1. The molecule has 1 atom stereocenters. The minimum Gasteiger partial charge on any atom is -0.480 e. The molecule has 5 nitrogen and oxygen atoms in total. The topological polar surface area (TPSA) is 74.7 Å². The predicted molar refractivity (Wildman–Crippen MR) is 47.1 cm³/mol. The van der Waals surface area contributed by atoms with Gasteiger partial charge in [-0.1, -0.05) is 0 Å². The van der Waals surface area contributed by atoms with Crippen molar-refractivity contribution in [3.63, 3.8) is 0 Å². The number of likely N-dealkylation sites (tertiary alicyclic amines) is 1. The molecule has 1 heterocycles. The molecular weight excluding hydrogens is 213 g/mol. The number of halogens is 1. The van der Waals surface area contributed by atoms with Crippen LogP contribution in [0.3, 0.4) is 0 Å². The lowest BCUT2D eigenvalue weighted by Gasteiger charge is -2.19. The molecular formula is C7H12FNO4S. The van der Waals surface area contributed by atoms with E-state index in [9.17, 15) is 17.1 Å². The van der Waals surface area contributed by atoms with E-state index in [1.165, 1.54) is 4.90 Å². The molecule has 1 aliphatic heterocycles. The first-order valence-corrected chi connectivity index (χ1v) is 5.84. The molecule has 0 saturated carbocycles. The second-order valence-electron chi connectivity index (χ2n) is 3.28. The second-order valence-corrected chi connectivity index (χ2v) is 4.76. The summed E-state index contributed by atoms with van der Waals surface area (Å²) < 4.78 is 32.6. The summed E-state index contributed by atoms with van der Waals surface area (Å²) in [5.74, 6) is -1.60. The van der Waals surface area contributed by atoms with Gasteiger partial charge in [-0.05, 0) is 19.4 Å². The quantitative estimate of drug-likeness (QED) is 0.673. The lowest BCUT2D eigenvalue weighted by atomic mass is 10.2. The van der Waals surface area contributed by atoms with E-state index in [-0.39, 0.29) is 6.54 Å². The summed E-state index contributed by atoms with van der Waals surface area (Å²) in [6.07, 6.45) is 1.21. The maximum Gasteiger partial charge on any atom is 0.320 e. The van der Waals surface area contributed by atoms with E-state index in [1.54, 1.807) is 0 Å². The molecule has 1 N–H and O–H groups in total. The fourth-order valence-electron chi connectivity index (χ4n) is 1.60. The van der Waals surface area contributed by atoms with Crippen molar-refractivity contribution in [1.82, 2.24) is 4.90 Å². The molecule has 1 fully saturated rings. The molecule has 0 aromatic rings. The largest absolute Gasteiger partial charge is 0.480 e. The van der Waals surface area contributed by atoms with E-state index in [0.717, 1.165) is 0 Å². The van der Waals surface area contributed by atoms with Gasteiger partial charge in [0.05, 0.1) is 5.75 Å². The van der Waals surface area contributed by atoms with Crippen molar-refractivity contribution in [3.8, 4) is 0 Å². The van der Waals surface area contributed by atoms with Crippen LogP contribution in [0.1, 0.15) is 12.8 Å². The molecule has 1 saturated heterocycles. The smallest absolute Gasteiger partial charge is 0.320 e. The van der Waals surface area contributed by atoms with Gasteiger partial charge in [0.15, 0.2) is 0 Å². The minimum atomic E-state index is -4.50. The van der Waals surface area contributed by atoms with Crippen LogP contribution in [0.4, 0.5) is 3.89 Å². The van der Waals surface area contributed by atoms with E-state index in [4.69, 9.17) is 5.11 Å². The van der Waals surface area contributed by atoms with Crippen LogP contribution in [0.5, 0.6) is 0 Å². The van der Waals surface area contributed by atoms with Gasteiger partial charge in [-0.2, -0.15) is 8.42 Å². The monoisotopic (exact) mass is 225 g/mol. The second kappa shape index (κ2) is 4.22. The summed E-state index contributed by atoms with van der Waals surface area (Å²) in [7, 11) is -4.50. The number of hydrogen-bond acceptors (Lipinski definition) is 4. The van der Waals surface area contributed by atoms with Gasteiger partial charge in [-0.25, -0.2) is 0 Å². The highest BCUT2D eigenvalue weighted by Gasteiger charge is 2.30. The highest BCUT2D eigenvalue weighted by molar-refractivity contribution is 7.86. The van der Waals surface area contributed by atoms with Gasteiger partial charge in [0.25, 0.3) is 0 Å². The molecule has 0 amide bonds. The third kappa shape index (κ3) is 3.22.